The van der Waals surface area contributed by atoms with Crippen LogP contribution in [0, 0.1) is 0 Å². The number of nitrogens with one attached hydrogen (secondary N) is 1. The van der Waals surface area contributed by atoms with Crippen LogP contribution in [0.3, 0.4) is 0 Å². The molecule has 29 heavy (non-hydrogen) atoms. The highest BCUT2D eigenvalue weighted by molar-refractivity contribution is 5.94. The van der Waals surface area contributed by atoms with Crippen molar-refractivity contribution in [3.8, 4) is 17.3 Å². The van der Waals surface area contributed by atoms with Crippen molar-refractivity contribution in [2.75, 3.05) is 7.11 Å². The predicted molar refractivity (Wildman–Crippen MR) is 104 cm³/mol. The van der Waals surface area contributed by atoms with Crippen LogP contribution in [0.25, 0.3) is 17.6 Å². The Bertz CT molecular complexity index is 973. The topological polar surface area (TPSA) is 104 Å². The summed E-state index contributed by atoms with van der Waals surface area (Å²) in [5.41, 5.74) is 1.26. The van der Waals surface area contributed by atoms with E-state index in [-0.39, 0.29) is 6.61 Å². The number of carbonyl (C=O) groups excluding carboxylic acids is 2. The molecule has 150 valence electrons. The van der Waals surface area contributed by atoms with E-state index in [4.69, 9.17) is 18.4 Å². The number of hydrogen-bond acceptors (Lipinski definition) is 7. The van der Waals surface area contributed by atoms with Gasteiger partial charge >= 0.3 is 5.97 Å². The molecule has 1 atom stereocenters. The molecule has 0 spiro atoms. The molecule has 0 fully saturated rings. The summed E-state index contributed by atoms with van der Waals surface area (Å²) in [5, 5.41) is 6.37. The average molecular weight is 396 g/mol. The number of esters is 1. The molecular formula is C21H20N2O6. The van der Waals surface area contributed by atoms with Crippen LogP contribution < -0.4 is 10.1 Å². The first-order valence-electron chi connectivity index (χ1n) is 8.84. The number of carbonyl (C=O) groups is 2. The Morgan fingerprint density at radius 2 is 2.00 bits per heavy atom. The number of rotatable bonds is 8. The van der Waals surface area contributed by atoms with E-state index < -0.39 is 17.9 Å². The van der Waals surface area contributed by atoms with Crippen molar-refractivity contribution in [3.05, 3.63) is 66.1 Å². The SMILES string of the molecule is COc1ccc(/C=C/C(=O)N[C@@H](C)C(=O)OCc2cc(-c3ccco3)on2)cc1. The molecule has 2 heterocycles. The molecule has 0 unspecified atom stereocenters. The third-order valence-corrected chi connectivity index (χ3v) is 3.94. The van der Waals surface area contributed by atoms with E-state index >= 15 is 0 Å². The van der Waals surface area contributed by atoms with Gasteiger partial charge in [-0.05, 0) is 42.8 Å². The van der Waals surface area contributed by atoms with Crippen molar-refractivity contribution < 1.29 is 28.0 Å². The third kappa shape index (κ3) is 5.58. The minimum absolute atomic E-state index is 0.0784. The van der Waals surface area contributed by atoms with Crippen LogP contribution in [-0.2, 0) is 20.9 Å². The lowest BCUT2D eigenvalue weighted by atomic mass is 10.2. The fraction of sp³-hybridized carbons (Fsp3) is 0.190. The second-order valence-electron chi connectivity index (χ2n) is 6.10. The van der Waals surface area contributed by atoms with Crippen LogP contribution in [0.2, 0.25) is 0 Å². The molecule has 0 aliphatic carbocycles. The molecule has 1 aromatic carbocycles. The first-order chi connectivity index (χ1) is 14.0. The van der Waals surface area contributed by atoms with E-state index in [0.717, 1.165) is 11.3 Å². The van der Waals surface area contributed by atoms with Gasteiger partial charge in [-0.2, -0.15) is 0 Å². The van der Waals surface area contributed by atoms with Crippen LogP contribution in [0.5, 0.6) is 5.75 Å². The summed E-state index contributed by atoms with van der Waals surface area (Å²) in [6.07, 6.45) is 4.50. The zero-order valence-corrected chi connectivity index (χ0v) is 16.0. The zero-order chi connectivity index (χ0) is 20.6. The molecule has 0 aliphatic heterocycles. The second kappa shape index (κ2) is 9.41. The molecule has 8 heteroatoms. The highest BCUT2D eigenvalue weighted by atomic mass is 16.5. The van der Waals surface area contributed by atoms with Gasteiger partial charge in [0, 0.05) is 12.1 Å². The first-order valence-corrected chi connectivity index (χ1v) is 8.84. The van der Waals surface area contributed by atoms with Crippen molar-refractivity contribution in [2.24, 2.45) is 0 Å². The molecule has 0 aliphatic rings. The fourth-order valence-electron chi connectivity index (χ4n) is 2.39. The van der Waals surface area contributed by atoms with E-state index in [1.807, 2.05) is 12.1 Å². The van der Waals surface area contributed by atoms with Crippen molar-refractivity contribution in [1.82, 2.24) is 10.5 Å². The fourth-order valence-corrected chi connectivity index (χ4v) is 2.39. The first kappa shape index (κ1) is 19.9. The highest BCUT2D eigenvalue weighted by Gasteiger charge is 2.17. The minimum Gasteiger partial charge on any atom is -0.497 e. The van der Waals surface area contributed by atoms with Gasteiger partial charge < -0.3 is 23.7 Å². The molecule has 0 bridgehead atoms. The maximum atomic E-state index is 12.1. The molecule has 0 saturated heterocycles. The number of furan rings is 1. The highest BCUT2D eigenvalue weighted by Crippen LogP contribution is 2.20. The Hall–Kier alpha value is -3.81. The molecule has 3 aromatic rings. The summed E-state index contributed by atoms with van der Waals surface area (Å²) in [6.45, 7) is 1.46. The van der Waals surface area contributed by atoms with E-state index in [2.05, 4.69) is 10.5 Å². The standard InChI is InChI=1S/C21H20N2O6/c1-14(22-20(24)10-7-15-5-8-17(26-2)9-6-15)21(25)28-13-16-12-19(29-23-16)18-4-3-11-27-18/h3-12,14H,13H2,1-2H3,(H,22,24)/b10-7+/t14-/m0/s1. The number of nitrogens with zero attached hydrogens (tertiary/aromatic N) is 1. The molecule has 0 saturated carbocycles. The summed E-state index contributed by atoms with van der Waals surface area (Å²) in [5.74, 6) is 0.697. The smallest absolute Gasteiger partial charge is 0.328 e. The number of aromatic nitrogens is 1. The number of methoxy groups -OCH3 is 1. The van der Waals surface area contributed by atoms with Gasteiger partial charge in [-0.1, -0.05) is 17.3 Å². The van der Waals surface area contributed by atoms with Gasteiger partial charge in [-0.15, -0.1) is 0 Å². The number of amides is 1. The van der Waals surface area contributed by atoms with Crippen molar-refractivity contribution in [2.45, 2.75) is 19.6 Å². The molecule has 1 N–H and O–H groups in total. The minimum atomic E-state index is -0.820. The lowest BCUT2D eigenvalue weighted by Gasteiger charge is -2.11. The molecule has 2 aromatic heterocycles. The Labute approximate surface area is 167 Å². The van der Waals surface area contributed by atoms with Crippen LogP contribution in [0.1, 0.15) is 18.2 Å². The molecule has 3 rings (SSSR count). The largest absolute Gasteiger partial charge is 0.497 e. The molecule has 0 radical (unpaired) electrons. The zero-order valence-electron chi connectivity index (χ0n) is 16.0. The van der Waals surface area contributed by atoms with Gasteiger partial charge in [-0.25, -0.2) is 4.79 Å². The Kier molecular flexibility index (Phi) is 6.47. The van der Waals surface area contributed by atoms with Crippen molar-refractivity contribution in [3.63, 3.8) is 0 Å². The van der Waals surface area contributed by atoms with E-state index in [1.54, 1.807) is 50.4 Å². The molecule has 8 nitrogen and oxygen atoms in total. The quantitative estimate of drug-likeness (QED) is 0.460. The Balaban J connectivity index is 1.45. The van der Waals surface area contributed by atoms with Gasteiger partial charge in [0.05, 0.1) is 13.4 Å². The summed E-state index contributed by atoms with van der Waals surface area (Å²) >= 11 is 0. The summed E-state index contributed by atoms with van der Waals surface area (Å²) in [6, 6.07) is 11.5. The maximum Gasteiger partial charge on any atom is 0.328 e. The van der Waals surface area contributed by atoms with Gasteiger partial charge in [0.2, 0.25) is 11.7 Å². The summed E-state index contributed by atoms with van der Waals surface area (Å²) in [7, 11) is 1.58. The van der Waals surface area contributed by atoms with Crippen LogP contribution in [0.15, 0.2) is 63.7 Å². The predicted octanol–water partition coefficient (Wildman–Crippen LogP) is 3.20. The maximum absolute atomic E-state index is 12.1. The van der Waals surface area contributed by atoms with Gasteiger partial charge in [0.25, 0.3) is 0 Å². The normalized spacial score (nSPS) is 11.9. The van der Waals surface area contributed by atoms with Crippen LogP contribution in [0.4, 0.5) is 0 Å². The van der Waals surface area contributed by atoms with Gasteiger partial charge in [-0.3, -0.25) is 4.79 Å². The van der Waals surface area contributed by atoms with Gasteiger partial charge in [0.15, 0.2) is 5.76 Å². The number of hydrogen-bond donors (Lipinski definition) is 1. The molecular weight excluding hydrogens is 376 g/mol. The van der Waals surface area contributed by atoms with Crippen LogP contribution >= 0.6 is 0 Å². The van der Waals surface area contributed by atoms with Gasteiger partial charge in [0.1, 0.15) is 24.1 Å². The van der Waals surface area contributed by atoms with E-state index in [1.165, 1.54) is 12.3 Å². The summed E-state index contributed by atoms with van der Waals surface area (Å²) in [4.78, 5) is 24.1. The van der Waals surface area contributed by atoms with Crippen molar-refractivity contribution >= 4 is 18.0 Å². The summed E-state index contributed by atoms with van der Waals surface area (Å²) < 4.78 is 20.6. The monoisotopic (exact) mass is 396 g/mol. The Morgan fingerprint density at radius 3 is 2.69 bits per heavy atom. The second-order valence-corrected chi connectivity index (χ2v) is 6.10. The average Bonchev–Trinajstić information content (AvgIpc) is 3.42. The van der Waals surface area contributed by atoms with Crippen molar-refractivity contribution in [1.29, 1.82) is 0 Å². The third-order valence-electron chi connectivity index (χ3n) is 3.94. The van der Waals surface area contributed by atoms with E-state index in [9.17, 15) is 9.59 Å². The lowest BCUT2D eigenvalue weighted by Crippen LogP contribution is -2.38. The lowest BCUT2D eigenvalue weighted by molar-refractivity contribution is -0.148. The number of benzene rings is 1. The van der Waals surface area contributed by atoms with Crippen LogP contribution in [-0.4, -0.2) is 30.2 Å². The van der Waals surface area contributed by atoms with E-state index in [0.29, 0.717) is 17.2 Å². The number of ether oxygens (including phenoxy) is 2. The Morgan fingerprint density at radius 1 is 1.21 bits per heavy atom. The molecule has 1 amide bonds.